The van der Waals surface area contributed by atoms with Crippen LogP contribution in [-0.2, 0) is 6.42 Å². The number of ether oxygens (including phenoxy) is 1. The Hall–Kier alpha value is -2.52. The molecule has 1 aromatic carbocycles. The Morgan fingerprint density at radius 2 is 2.27 bits per heavy atom. The normalized spacial score (nSPS) is 17.9. The zero-order valence-corrected chi connectivity index (χ0v) is 14.4. The maximum atomic E-state index is 11.7. The van der Waals surface area contributed by atoms with E-state index in [0.717, 1.165) is 17.7 Å². The highest BCUT2D eigenvalue weighted by molar-refractivity contribution is 6.44. The molecule has 0 aromatic heterocycles. The van der Waals surface area contributed by atoms with Crippen molar-refractivity contribution in [2.45, 2.75) is 25.3 Å². The van der Waals surface area contributed by atoms with Gasteiger partial charge in [0.15, 0.2) is 0 Å². The summed E-state index contributed by atoms with van der Waals surface area (Å²) in [6.07, 6.45) is 4.27. The maximum Gasteiger partial charge on any atom is 0.522 e. The molecule has 9 heteroatoms. The lowest BCUT2D eigenvalue weighted by Gasteiger charge is -2.39. The van der Waals surface area contributed by atoms with E-state index in [1.807, 2.05) is 0 Å². The van der Waals surface area contributed by atoms with Gasteiger partial charge in [0.05, 0.1) is 0 Å². The molecule has 0 atom stereocenters. The number of aryl methyl sites for hydroxylation is 1. The molecule has 138 valence electrons. The van der Waals surface area contributed by atoms with Crippen LogP contribution in [0.15, 0.2) is 23.9 Å². The first-order valence-corrected chi connectivity index (χ1v) is 8.56. The topological polar surface area (TPSA) is 129 Å². The number of carboxylic acids is 1. The molecule has 0 aliphatic carbocycles. The van der Waals surface area contributed by atoms with Gasteiger partial charge in [0.1, 0.15) is 23.2 Å². The number of benzene rings is 1. The number of carboxylic acid groups (broad SMARTS) is 1. The molecule has 1 saturated heterocycles. The number of nitrogens with one attached hydrogen (secondary N) is 1. The zero-order valence-electron chi connectivity index (χ0n) is 14.4. The van der Waals surface area contributed by atoms with Gasteiger partial charge in [0.2, 0.25) is 0 Å². The van der Waals surface area contributed by atoms with Crippen molar-refractivity contribution in [1.82, 2.24) is 4.90 Å². The van der Waals surface area contributed by atoms with Crippen LogP contribution in [0, 0.1) is 5.41 Å². The van der Waals surface area contributed by atoms with E-state index in [4.69, 9.17) is 20.5 Å². The van der Waals surface area contributed by atoms with Gasteiger partial charge < -0.3 is 30.7 Å². The minimum atomic E-state index is -1.13. The largest absolute Gasteiger partial charge is 0.535 e. The molecule has 2 aliphatic rings. The van der Waals surface area contributed by atoms with Crippen molar-refractivity contribution in [3.63, 3.8) is 0 Å². The summed E-state index contributed by atoms with van der Waals surface area (Å²) in [4.78, 5) is 13.9. The summed E-state index contributed by atoms with van der Waals surface area (Å²) < 4.78 is 11.2. The average molecular weight is 359 g/mol. The molecule has 0 amide bonds. The molecule has 1 aromatic rings. The lowest BCUT2D eigenvalue weighted by molar-refractivity contribution is 0.0199. The van der Waals surface area contributed by atoms with Gasteiger partial charge in [-0.15, -0.1) is 0 Å². The Balaban J connectivity index is 1.64. The van der Waals surface area contributed by atoms with E-state index in [2.05, 4.69) is 4.90 Å². The monoisotopic (exact) mass is 359 g/mol. The number of likely N-dealkylation sites (tertiary alicyclic amines) is 1. The van der Waals surface area contributed by atoms with E-state index in [1.165, 1.54) is 12.4 Å². The van der Waals surface area contributed by atoms with E-state index >= 15 is 0 Å². The number of nitrogens with two attached hydrogens (primary N) is 1. The van der Waals surface area contributed by atoms with Gasteiger partial charge >= 0.3 is 13.1 Å². The fourth-order valence-electron chi connectivity index (χ4n) is 3.16. The van der Waals surface area contributed by atoms with Crippen LogP contribution in [0.5, 0.6) is 11.5 Å². The second-order valence-corrected chi connectivity index (χ2v) is 6.48. The number of hydrogen-bond acceptors (Lipinski definition) is 7. The fourth-order valence-corrected chi connectivity index (χ4v) is 3.16. The number of hydrogen-bond donors (Lipinski definition) is 4. The number of fused-ring (bicyclic) bond motifs is 1. The third-order valence-electron chi connectivity index (χ3n) is 4.66. The van der Waals surface area contributed by atoms with Crippen LogP contribution < -0.4 is 15.1 Å². The number of carbonyl (C=O) groups is 1. The predicted octanol–water partition coefficient (Wildman–Crippen LogP) is 0.745. The van der Waals surface area contributed by atoms with Gasteiger partial charge in [-0.2, -0.15) is 0 Å². The Morgan fingerprint density at radius 1 is 1.50 bits per heavy atom. The van der Waals surface area contributed by atoms with Crippen molar-refractivity contribution in [2.75, 3.05) is 19.6 Å². The van der Waals surface area contributed by atoms with E-state index in [-0.39, 0.29) is 23.2 Å². The van der Waals surface area contributed by atoms with Gasteiger partial charge in [-0.1, -0.05) is 6.07 Å². The Bertz CT molecular complexity index is 733. The Kier molecular flexibility index (Phi) is 5.48. The summed E-state index contributed by atoms with van der Waals surface area (Å²) in [6.45, 7) is 2.12. The third kappa shape index (κ3) is 3.84. The van der Waals surface area contributed by atoms with Crippen molar-refractivity contribution >= 4 is 19.3 Å². The second kappa shape index (κ2) is 7.80. The highest BCUT2D eigenvalue weighted by Crippen LogP contribution is 2.37. The lowest BCUT2D eigenvalue weighted by atomic mass is 9.78. The van der Waals surface area contributed by atoms with Gasteiger partial charge in [-0.3, -0.25) is 4.90 Å². The molecule has 0 radical (unpaired) electrons. The Morgan fingerprint density at radius 3 is 2.92 bits per heavy atom. The van der Waals surface area contributed by atoms with Crippen molar-refractivity contribution in [3.8, 4) is 11.5 Å². The summed E-state index contributed by atoms with van der Waals surface area (Å²) in [5, 5.41) is 26.5. The van der Waals surface area contributed by atoms with Crippen LogP contribution in [0.3, 0.4) is 0 Å². The quantitative estimate of drug-likeness (QED) is 0.417. The first kappa shape index (κ1) is 18.3. The fraction of sp³-hybridized carbons (Fsp3) is 0.412. The molecule has 0 saturated carbocycles. The van der Waals surface area contributed by atoms with Crippen molar-refractivity contribution in [1.29, 1.82) is 5.41 Å². The molecule has 3 rings (SSSR count). The molecule has 0 unspecified atom stereocenters. The van der Waals surface area contributed by atoms with Crippen LogP contribution in [0.2, 0.25) is 6.32 Å². The van der Waals surface area contributed by atoms with E-state index in [0.29, 0.717) is 32.3 Å². The van der Waals surface area contributed by atoms with Gasteiger partial charge in [-0.25, -0.2) is 4.79 Å². The molecular weight excluding hydrogens is 337 g/mol. The molecular formula is C17H22BN3O5. The average Bonchev–Trinajstić information content (AvgIpc) is 2.59. The van der Waals surface area contributed by atoms with Crippen molar-refractivity contribution < 1.29 is 24.3 Å². The summed E-state index contributed by atoms with van der Waals surface area (Å²) in [5.74, 6) is -0.670. The third-order valence-corrected chi connectivity index (χ3v) is 4.66. The van der Waals surface area contributed by atoms with Crippen molar-refractivity contribution in [3.05, 3.63) is 35.0 Å². The molecule has 1 fully saturated rings. The Labute approximate surface area is 151 Å². The van der Waals surface area contributed by atoms with Gasteiger partial charge in [-0.05, 0) is 42.6 Å². The maximum absolute atomic E-state index is 11.7. The first-order chi connectivity index (χ1) is 12.5. The van der Waals surface area contributed by atoms with Crippen LogP contribution in [0.25, 0.3) is 0 Å². The van der Waals surface area contributed by atoms with Crippen LogP contribution in [0.4, 0.5) is 0 Å². The number of aromatic carboxylic acids is 1. The molecule has 2 aliphatic heterocycles. The van der Waals surface area contributed by atoms with Crippen LogP contribution in [-0.4, -0.2) is 60.1 Å². The van der Waals surface area contributed by atoms with Gasteiger partial charge in [0, 0.05) is 25.8 Å². The predicted molar refractivity (Wildman–Crippen MR) is 97.0 cm³/mol. The highest BCUT2D eigenvalue weighted by Gasteiger charge is 2.33. The minimum Gasteiger partial charge on any atom is -0.535 e. The van der Waals surface area contributed by atoms with E-state index < -0.39 is 13.1 Å². The van der Waals surface area contributed by atoms with Crippen molar-refractivity contribution in [2.24, 2.45) is 5.73 Å². The second-order valence-electron chi connectivity index (χ2n) is 6.48. The number of rotatable bonds is 7. The molecule has 0 spiro atoms. The smallest absolute Gasteiger partial charge is 0.522 e. The van der Waals surface area contributed by atoms with E-state index in [1.54, 1.807) is 12.1 Å². The summed E-state index contributed by atoms with van der Waals surface area (Å²) in [7, 11) is -0.992. The summed E-state index contributed by atoms with van der Waals surface area (Å²) in [5.41, 5.74) is 6.93. The first-order valence-electron chi connectivity index (χ1n) is 8.56. The SMILES string of the molecule is N=C/C(=C\N)CCN1CC(Oc2ccc3c(c2C(=O)O)OB(O)CC3)C1. The molecule has 2 heterocycles. The molecule has 0 bridgehead atoms. The van der Waals surface area contributed by atoms with Crippen LogP contribution in [0.1, 0.15) is 22.3 Å². The van der Waals surface area contributed by atoms with E-state index in [9.17, 15) is 14.9 Å². The molecule has 5 N–H and O–H groups in total. The summed E-state index contributed by atoms with van der Waals surface area (Å²) in [6, 6.07) is 3.46. The highest BCUT2D eigenvalue weighted by atomic mass is 16.5. The summed E-state index contributed by atoms with van der Waals surface area (Å²) >= 11 is 0. The minimum absolute atomic E-state index is 0.0307. The zero-order chi connectivity index (χ0) is 18.7. The number of nitrogens with zero attached hydrogens (tertiary/aromatic N) is 1. The van der Waals surface area contributed by atoms with Crippen LogP contribution >= 0.6 is 0 Å². The molecule has 8 nitrogen and oxygen atoms in total. The molecule has 26 heavy (non-hydrogen) atoms. The van der Waals surface area contributed by atoms with Gasteiger partial charge in [0.25, 0.3) is 0 Å². The lowest BCUT2D eigenvalue weighted by Crippen LogP contribution is -2.54. The standard InChI is InChI=1S/C17H22BN3O5/c19-7-11(8-20)4-6-21-9-13(10-21)25-14-2-1-12-3-5-18(24)26-16(12)15(14)17(22)23/h1-2,7-8,13,19,24H,3-6,9-10,20H2,(H,22,23)/b11-8-,19-7?.